The number of carbonyl (C=O) groups is 3. The smallest absolute Gasteiger partial charge is 0.327 e. The Morgan fingerprint density at radius 3 is 2.41 bits per heavy atom. The highest BCUT2D eigenvalue weighted by Crippen LogP contribution is 2.61. The quantitative estimate of drug-likeness (QED) is 0.725. The van der Waals surface area contributed by atoms with Crippen LogP contribution in [0.2, 0.25) is 0 Å². The zero-order chi connectivity index (χ0) is 19.2. The van der Waals surface area contributed by atoms with E-state index in [4.69, 9.17) is 10.5 Å². The van der Waals surface area contributed by atoms with Crippen LogP contribution < -0.4 is 11.1 Å². The van der Waals surface area contributed by atoms with Gasteiger partial charge in [0.25, 0.3) is 5.91 Å². The standard InChI is InChI=1S/C19H30N4O4/c1-22-15(24)19(23(17(22)26)10-13-4-8-27-9-5-13)11-18(12-19)6-2-14(3-7-18)21-16(20)25/h13-14H,2-12H2,1H3,(H3,20,21,25). The third kappa shape index (κ3) is 3.07. The van der Waals surface area contributed by atoms with Crippen molar-refractivity contribution in [3.05, 3.63) is 0 Å². The summed E-state index contributed by atoms with van der Waals surface area (Å²) in [6, 6.07) is -0.487. The minimum absolute atomic E-state index is 0.0393. The monoisotopic (exact) mass is 378 g/mol. The topological polar surface area (TPSA) is 105 Å². The zero-order valence-corrected chi connectivity index (χ0v) is 16.0. The third-order valence-electron chi connectivity index (χ3n) is 7.25. The molecule has 2 aliphatic carbocycles. The Morgan fingerprint density at radius 1 is 1.19 bits per heavy atom. The van der Waals surface area contributed by atoms with E-state index in [0.717, 1.165) is 64.6 Å². The maximum Gasteiger partial charge on any atom is 0.327 e. The Morgan fingerprint density at radius 2 is 1.81 bits per heavy atom. The number of amides is 5. The van der Waals surface area contributed by atoms with Gasteiger partial charge in [-0.1, -0.05) is 0 Å². The average Bonchev–Trinajstić information content (AvgIpc) is 2.80. The van der Waals surface area contributed by atoms with Crippen molar-refractivity contribution in [2.45, 2.75) is 62.9 Å². The normalized spacial score (nSPS) is 37.1. The Hall–Kier alpha value is -1.83. The second kappa shape index (κ2) is 6.65. The van der Waals surface area contributed by atoms with Gasteiger partial charge in [0.05, 0.1) is 0 Å². The number of imide groups is 1. The molecule has 0 aromatic carbocycles. The number of urea groups is 2. The van der Waals surface area contributed by atoms with Crippen LogP contribution in [-0.2, 0) is 9.53 Å². The molecule has 5 amide bonds. The Kier molecular flexibility index (Phi) is 4.56. The van der Waals surface area contributed by atoms with E-state index in [0.29, 0.717) is 12.5 Å². The maximum absolute atomic E-state index is 13.0. The molecule has 8 nitrogen and oxygen atoms in total. The Balaban J connectivity index is 1.44. The molecule has 0 radical (unpaired) electrons. The summed E-state index contributed by atoms with van der Waals surface area (Å²) in [5.41, 5.74) is 4.71. The van der Waals surface area contributed by atoms with Crippen LogP contribution in [-0.4, -0.2) is 66.2 Å². The number of likely N-dealkylation sites (N-methyl/N-ethyl adjacent to an activating group) is 1. The number of ether oxygens (including phenoxy) is 1. The molecule has 27 heavy (non-hydrogen) atoms. The molecule has 2 spiro atoms. The van der Waals surface area contributed by atoms with Gasteiger partial charge < -0.3 is 20.7 Å². The highest BCUT2D eigenvalue weighted by atomic mass is 16.5. The van der Waals surface area contributed by atoms with E-state index in [2.05, 4.69) is 5.32 Å². The first-order chi connectivity index (χ1) is 12.9. The number of primary amides is 1. The molecular formula is C19H30N4O4. The molecule has 2 saturated carbocycles. The van der Waals surface area contributed by atoms with E-state index in [1.807, 2.05) is 4.90 Å². The van der Waals surface area contributed by atoms with E-state index in [-0.39, 0.29) is 23.4 Å². The van der Waals surface area contributed by atoms with Crippen LogP contribution in [0.5, 0.6) is 0 Å². The lowest BCUT2D eigenvalue weighted by Crippen LogP contribution is -2.65. The molecule has 8 heteroatoms. The molecule has 0 aromatic rings. The van der Waals surface area contributed by atoms with E-state index in [1.54, 1.807) is 7.05 Å². The second-order valence-corrected chi connectivity index (χ2v) is 8.98. The van der Waals surface area contributed by atoms with E-state index >= 15 is 0 Å². The van der Waals surface area contributed by atoms with Gasteiger partial charge in [-0.2, -0.15) is 0 Å². The number of rotatable bonds is 3. The van der Waals surface area contributed by atoms with Crippen LogP contribution in [0.15, 0.2) is 0 Å². The van der Waals surface area contributed by atoms with E-state index in [9.17, 15) is 14.4 Å². The van der Waals surface area contributed by atoms with E-state index in [1.165, 1.54) is 4.90 Å². The first-order valence-corrected chi connectivity index (χ1v) is 10.1. The molecule has 0 bridgehead atoms. The molecule has 4 aliphatic rings. The lowest BCUT2D eigenvalue weighted by molar-refractivity contribution is -0.150. The van der Waals surface area contributed by atoms with Crippen molar-refractivity contribution in [2.24, 2.45) is 17.1 Å². The first kappa shape index (κ1) is 18.5. The Bertz CT molecular complexity index is 630. The largest absolute Gasteiger partial charge is 0.381 e. The molecule has 0 atom stereocenters. The predicted molar refractivity (Wildman–Crippen MR) is 97.8 cm³/mol. The number of nitrogens with zero attached hydrogens (tertiary/aromatic N) is 2. The fourth-order valence-electron chi connectivity index (χ4n) is 5.78. The van der Waals surface area contributed by atoms with Crippen LogP contribution in [0, 0.1) is 11.3 Å². The van der Waals surface area contributed by atoms with Crippen molar-refractivity contribution in [3.63, 3.8) is 0 Å². The minimum Gasteiger partial charge on any atom is -0.381 e. The summed E-state index contributed by atoms with van der Waals surface area (Å²) >= 11 is 0. The van der Waals surface area contributed by atoms with E-state index < -0.39 is 11.6 Å². The van der Waals surface area contributed by atoms with Gasteiger partial charge in [0.2, 0.25) is 0 Å². The fraction of sp³-hybridized carbons (Fsp3) is 0.842. The molecule has 2 heterocycles. The first-order valence-electron chi connectivity index (χ1n) is 10.1. The summed E-state index contributed by atoms with van der Waals surface area (Å²) in [6.07, 6.45) is 7.11. The third-order valence-corrected chi connectivity index (χ3v) is 7.25. The van der Waals surface area contributed by atoms with Crippen LogP contribution >= 0.6 is 0 Å². The number of hydrogen-bond acceptors (Lipinski definition) is 4. The van der Waals surface area contributed by atoms with Crippen LogP contribution in [0.25, 0.3) is 0 Å². The van der Waals surface area contributed by atoms with Crippen LogP contribution in [0.3, 0.4) is 0 Å². The molecule has 0 aromatic heterocycles. The SMILES string of the molecule is CN1C(=O)N(CC2CCOCC2)C2(CC3(CCC(NC(N)=O)CC3)C2)C1=O. The predicted octanol–water partition coefficient (Wildman–Crippen LogP) is 1.44. The van der Waals surface area contributed by atoms with Crippen molar-refractivity contribution in [2.75, 3.05) is 26.8 Å². The molecule has 4 fully saturated rings. The summed E-state index contributed by atoms with van der Waals surface area (Å²) in [6.45, 7) is 2.13. The second-order valence-electron chi connectivity index (χ2n) is 8.98. The van der Waals surface area contributed by atoms with Crippen molar-refractivity contribution in [1.29, 1.82) is 0 Å². The number of hydrogen-bond donors (Lipinski definition) is 2. The molecule has 150 valence electrons. The van der Waals surface area contributed by atoms with Gasteiger partial charge in [0.15, 0.2) is 0 Å². The fourth-order valence-corrected chi connectivity index (χ4v) is 5.78. The molecule has 0 unspecified atom stereocenters. The summed E-state index contributed by atoms with van der Waals surface area (Å²) in [5, 5.41) is 2.80. The lowest BCUT2D eigenvalue weighted by Gasteiger charge is -2.58. The zero-order valence-electron chi connectivity index (χ0n) is 16.0. The highest BCUT2D eigenvalue weighted by Gasteiger charge is 2.67. The molecular weight excluding hydrogens is 348 g/mol. The average molecular weight is 378 g/mol. The number of nitrogens with one attached hydrogen (secondary N) is 1. The summed E-state index contributed by atoms with van der Waals surface area (Å²) < 4.78 is 5.43. The van der Waals surface area contributed by atoms with Gasteiger partial charge in [-0.05, 0) is 62.7 Å². The highest BCUT2D eigenvalue weighted by molar-refractivity contribution is 6.07. The lowest BCUT2D eigenvalue weighted by atomic mass is 9.51. The van der Waals surface area contributed by atoms with Gasteiger partial charge in [-0.3, -0.25) is 9.69 Å². The van der Waals surface area contributed by atoms with Crippen molar-refractivity contribution in [1.82, 2.24) is 15.1 Å². The number of carbonyl (C=O) groups excluding carboxylic acids is 3. The van der Waals surface area contributed by atoms with Crippen molar-refractivity contribution >= 4 is 18.0 Å². The van der Waals surface area contributed by atoms with Crippen LogP contribution in [0.4, 0.5) is 9.59 Å². The maximum atomic E-state index is 13.0. The van der Waals surface area contributed by atoms with Gasteiger partial charge in [0.1, 0.15) is 5.54 Å². The van der Waals surface area contributed by atoms with Gasteiger partial charge in [-0.25, -0.2) is 9.59 Å². The minimum atomic E-state index is -0.645. The number of nitrogens with two attached hydrogens (primary N) is 1. The summed E-state index contributed by atoms with van der Waals surface area (Å²) in [5.74, 6) is 0.369. The summed E-state index contributed by atoms with van der Waals surface area (Å²) in [4.78, 5) is 40.0. The Labute approximate surface area is 159 Å². The van der Waals surface area contributed by atoms with Gasteiger partial charge in [-0.15, -0.1) is 0 Å². The molecule has 4 rings (SSSR count). The van der Waals surface area contributed by atoms with Crippen LogP contribution in [0.1, 0.15) is 51.4 Å². The van der Waals surface area contributed by atoms with Crippen molar-refractivity contribution < 1.29 is 19.1 Å². The van der Waals surface area contributed by atoms with Crippen molar-refractivity contribution in [3.8, 4) is 0 Å². The summed E-state index contributed by atoms with van der Waals surface area (Å²) in [7, 11) is 1.61. The molecule has 3 N–H and O–H groups in total. The van der Waals surface area contributed by atoms with Gasteiger partial charge in [0, 0.05) is 32.8 Å². The molecule has 2 aliphatic heterocycles. The van der Waals surface area contributed by atoms with Gasteiger partial charge >= 0.3 is 12.1 Å². The molecule has 2 saturated heterocycles.